The van der Waals surface area contributed by atoms with E-state index in [9.17, 15) is 5.11 Å². The van der Waals surface area contributed by atoms with E-state index in [2.05, 4.69) is 52.1 Å². The van der Waals surface area contributed by atoms with Crippen LogP contribution in [0.1, 0.15) is 46.4 Å². The molecule has 33 heavy (non-hydrogen) atoms. The van der Waals surface area contributed by atoms with Crippen molar-refractivity contribution >= 4 is 26.7 Å². The van der Waals surface area contributed by atoms with E-state index in [1.165, 1.54) is 0 Å². The molecule has 2 unspecified atom stereocenters. The lowest BCUT2D eigenvalue weighted by atomic mass is 10.1. The van der Waals surface area contributed by atoms with Crippen molar-refractivity contribution in [2.24, 2.45) is 0 Å². The Bertz CT molecular complexity index is 1070. The smallest absolute Gasteiger partial charge is 0.223 e. The van der Waals surface area contributed by atoms with Crippen LogP contribution >= 0.6 is 9.24 Å². The lowest BCUT2D eigenvalue weighted by molar-refractivity contribution is 0.335. The molecule has 2 heterocycles. The number of aliphatic hydroxyl groups is 1. The fourth-order valence-corrected chi connectivity index (χ4v) is 3.52. The van der Waals surface area contributed by atoms with Gasteiger partial charge in [0.25, 0.3) is 0 Å². The third-order valence-corrected chi connectivity index (χ3v) is 5.31. The highest BCUT2D eigenvalue weighted by Crippen LogP contribution is 2.32. The summed E-state index contributed by atoms with van der Waals surface area (Å²) in [6, 6.07) is 10.4. The number of aromatic nitrogens is 4. The number of aliphatic hydroxyl groups excluding tert-OH is 1. The number of hydrogen-bond acceptors (Lipinski definition) is 5. The van der Waals surface area contributed by atoms with Crippen LogP contribution in [0.4, 0.5) is 5.95 Å². The van der Waals surface area contributed by atoms with Crippen molar-refractivity contribution in [3.63, 3.8) is 0 Å². The molecule has 6 nitrogen and oxygen atoms in total. The average Bonchev–Trinajstić information content (AvgIpc) is 3.15. The van der Waals surface area contributed by atoms with Gasteiger partial charge >= 0.3 is 0 Å². The first-order chi connectivity index (χ1) is 15.9. The Balaban J connectivity index is 0.00000187. The summed E-state index contributed by atoms with van der Waals surface area (Å²) < 4.78 is 1.98. The van der Waals surface area contributed by atoms with Crippen LogP contribution in [-0.4, -0.2) is 37.3 Å². The molecule has 0 spiro atoms. The van der Waals surface area contributed by atoms with Gasteiger partial charge in [0.05, 0.1) is 23.7 Å². The highest BCUT2D eigenvalue weighted by atomic mass is 31.0. The molecule has 176 valence electrons. The minimum atomic E-state index is -0.0983. The number of hydrogen-bond donors (Lipinski definition) is 2. The minimum absolute atomic E-state index is 0.0983. The lowest BCUT2D eigenvalue weighted by Crippen LogP contribution is -2.16. The van der Waals surface area contributed by atoms with E-state index in [0.29, 0.717) is 11.5 Å². The van der Waals surface area contributed by atoms with E-state index in [0.717, 1.165) is 46.6 Å². The molecule has 7 heteroatoms. The van der Waals surface area contributed by atoms with Crippen molar-refractivity contribution in [1.29, 1.82) is 0 Å². The van der Waals surface area contributed by atoms with Crippen LogP contribution in [0.5, 0.6) is 0 Å². The quantitative estimate of drug-likeness (QED) is 0.324. The summed E-state index contributed by atoms with van der Waals surface area (Å²) in [4.78, 5) is 14.0. The van der Waals surface area contributed by atoms with Crippen LogP contribution in [0.3, 0.4) is 0 Å². The standard InChI is InChI=1S/C24H30N5OP.C2H6/c1-5-6-17(3)26-24-25-13-11-21(28-24)23-22(19-7-9-20(31)10-8-19)27-18(4)29(23)14-12-16(2)15-30;1-2/h7-14,17,30H,2,5-6,15,31H2,1,3-4H3,(H,25,26,28);1-2H3/b14-12-;. The molecule has 3 rings (SSSR count). The van der Waals surface area contributed by atoms with Gasteiger partial charge in [-0.05, 0) is 43.3 Å². The molecule has 0 saturated carbocycles. The summed E-state index contributed by atoms with van der Waals surface area (Å²) in [5.41, 5.74) is 4.10. The molecule has 0 aliphatic heterocycles. The van der Waals surface area contributed by atoms with Gasteiger partial charge in [0, 0.05) is 24.0 Å². The van der Waals surface area contributed by atoms with Gasteiger partial charge in [-0.2, -0.15) is 0 Å². The summed E-state index contributed by atoms with van der Waals surface area (Å²) in [5.74, 6) is 1.41. The van der Waals surface area contributed by atoms with E-state index < -0.39 is 0 Å². The second kappa shape index (κ2) is 13.0. The first kappa shape index (κ1) is 26.4. The number of rotatable bonds is 9. The van der Waals surface area contributed by atoms with Crippen molar-refractivity contribution in [3.8, 4) is 22.6 Å². The van der Waals surface area contributed by atoms with Gasteiger partial charge in [-0.25, -0.2) is 15.0 Å². The second-order valence-electron chi connectivity index (χ2n) is 7.58. The lowest BCUT2D eigenvalue weighted by Gasteiger charge is -2.14. The Morgan fingerprint density at radius 3 is 2.55 bits per heavy atom. The summed E-state index contributed by atoms with van der Waals surface area (Å²) in [6.45, 7) is 14.0. The van der Waals surface area contributed by atoms with E-state index in [-0.39, 0.29) is 12.6 Å². The average molecular weight is 466 g/mol. The first-order valence-electron chi connectivity index (χ1n) is 11.4. The second-order valence-corrected chi connectivity index (χ2v) is 8.25. The largest absolute Gasteiger partial charge is 0.392 e. The van der Waals surface area contributed by atoms with E-state index >= 15 is 0 Å². The van der Waals surface area contributed by atoms with Crippen molar-refractivity contribution in [1.82, 2.24) is 19.5 Å². The van der Waals surface area contributed by atoms with Gasteiger partial charge < -0.3 is 15.0 Å². The van der Waals surface area contributed by atoms with Gasteiger partial charge in [0.1, 0.15) is 5.82 Å². The molecular weight excluding hydrogens is 429 g/mol. The number of anilines is 1. The van der Waals surface area contributed by atoms with Crippen molar-refractivity contribution in [2.75, 3.05) is 11.9 Å². The number of aryl methyl sites for hydroxylation is 1. The molecule has 2 aromatic heterocycles. The molecule has 0 aliphatic carbocycles. The SMILES string of the molecule is C=C(/C=C\n1c(C)nc(-c2ccc(P)cc2)c1-c1ccnc(NC(C)CCC)n1)CO.CC. The number of imidazole rings is 1. The summed E-state index contributed by atoms with van der Waals surface area (Å²) in [5, 5.41) is 13.8. The molecule has 2 N–H and O–H groups in total. The zero-order valence-electron chi connectivity index (χ0n) is 20.3. The summed E-state index contributed by atoms with van der Waals surface area (Å²) in [6.07, 6.45) is 7.57. The highest BCUT2D eigenvalue weighted by Gasteiger charge is 2.19. The molecular formula is C26H36N5OP. The predicted molar refractivity (Wildman–Crippen MR) is 144 cm³/mol. The molecule has 3 aromatic rings. The van der Waals surface area contributed by atoms with Crippen LogP contribution in [-0.2, 0) is 0 Å². The Kier molecular flexibility index (Phi) is 10.4. The Hall–Kier alpha value is -2.82. The zero-order valence-corrected chi connectivity index (χ0v) is 21.5. The molecule has 0 fully saturated rings. The van der Waals surface area contributed by atoms with Gasteiger partial charge in [0.2, 0.25) is 5.95 Å². The van der Waals surface area contributed by atoms with E-state index in [1.54, 1.807) is 12.3 Å². The maximum absolute atomic E-state index is 9.34. The maximum atomic E-state index is 9.34. The zero-order chi connectivity index (χ0) is 24.4. The van der Waals surface area contributed by atoms with Gasteiger partial charge in [-0.3, -0.25) is 0 Å². The number of nitrogens with zero attached hydrogens (tertiary/aromatic N) is 4. The van der Waals surface area contributed by atoms with Gasteiger partial charge in [-0.1, -0.05) is 58.0 Å². The van der Waals surface area contributed by atoms with Crippen LogP contribution in [0.2, 0.25) is 0 Å². The van der Waals surface area contributed by atoms with Gasteiger partial charge in [0.15, 0.2) is 0 Å². The fourth-order valence-electron chi connectivity index (χ4n) is 3.33. The molecule has 0 saturated heterocycles. The summed E-state index contributed by atoms with van der Waals surface area (Å²) in [7, 11) is 2.70. The fraction of sp³-hybridized carbons (Fsp3) is 0.346. The van der Waals surface area contributed by atoms with Crippen molar-refractivity contribution in [2.45, 2.75) is 53.5 Å². The topological polar surface area (TPSA) is 75.9 Å². The van der Waals surface area contributed by atoms with Crippen molar-refractivity contribution < 1.29 is 5.11 Å². The van der Waals surface area contributed by atoms with Crippen molar-refractivity contribution in [3.05, 3.63) is 60.6 Å². The Morgan fingerprint density at radius 1 is 1.21 bits per heavy atom. The van der Waals surface area contributed by atoms with E-state index in [4.69, 9.17) is 9.97 Å². The van der Waals surface area contributed by atoms with Crippen LogP contribution in [0, 0.1) is 6.92 Å². The predicted octanol–water partition coefficient (Wildman–Crippen LogP) is 5.46. The third-order valence-electron chi connectivity index (χ3n) is 4.93. The normalized spacial score (nSPS) is 11.7. The number of nitrogens with one attached hydrogen (secondary N) is 1. The third kappa shape index (κ3) is 7.08. The Labute approximate surface area is 200 Å². The first-order valence-corrected chi connectivity index (χ1v) is 12.0. The molecule has 0 aliphatic rings. The Morgan fingerprint density at radius 2 is 1.91 bits per heavy atom. The molecule has 1 aromatic carbocycles. The summed E-state index contributed by atoms with van der Waals surface area (Å²) >= 11 is 0. The highest BCUT2D eigenvalue weighted by molar-refractivity contribution is 7.27. The van der Waals surface area contributed by atoms with Gasteiger partial charge in [-0.15, -0.1) is 9.24 Å². The van der Waals surface area contributed by atoms with Crippen LogP contribution < -0.4 is 10.6 Å². The monoisotopic (exact) mass is 465 g/mol. The van der Waals surface area contributed by atoms with E-state index in [1.807, 2.05) is 49.7 Å². The number of benzene rings is 1. The molecule has 2 atom stereocenters. The maximum Gasteiger partial charge on any atom is 0.223 e. The molecule has 0 radical (unpaired) electrons. The minimum Gasteiger partial charge on any atom is -0.392 e. The van der Waals surface area contributed by atoms with Crippen LogP contribution in [0.15, 0.2) is 54.8 Å². The van der Waals surface area contributed by atoms with Crippen LogP contribution in [0.25, 0.3) is 28.8 Å². The molecule has 0 bridgehead atoms. The molecule has 0 amide bonds.